The van der Waals surface area contributed by atoms with Crippen molar-refractivity contribution in [1.82, 2.24) is 15.0 Å². The van der Waals surface area contributed by atoms with Gasteiger partial charge in [0.2, 0.25) is 0 Å². The average molecular weight is 440 g/mol. The summed E-state index contributed by atoms with van der Waals surface area (Å²) in [5, 5.41) is 3.40. The van der Waals surface area contributed by atoms with Gasteiger partial charge in [-0.15, -0.1) is 0 Å². The molecule has 2 aromatic carbocycles. The van der Waals surface area contributed by atoms with Crippen LogP contribution in [0, 0.1) is 5.82 Å². The summed E-state index contributed by atoms with van der Waals surface area (Å²) >= 11 is 6.18. The molecule has 0 fully saturated rings. The number of nitrogen functional groups attached to an aromatic ring is 1. The molecule has 4 N–H and O–H groups in total. The van der Waals surface area contributed by atoms with Gasteiger partial charge in [0.05, 0.1) is 16.7 Å². The first-order valence-electron chi connectivity index (χ1n) is 8.78. The van der Waals surface area contributed by atoms with E-state index < -0.39 is 5.56 Å². The van der Waals surface area contributed by atoms with Crippen molar-refractivity contribution >= 4 is 52.4 Å². The first kappa shape index (κ1) is 21.6. The van der Waals surface area contributed by atoms with Crippen LogP contribution in [0.15, 0.2) is 59.5 Å². The zero-order valence-corrected chi connectivity index (χ0v) is 16.6. The number of fused-ring (bicyclic) bond motifs is 1. The molecule has 0 bridgehead atoms. The van der Waals surface area contributed by atoms with Crippen LogP contribution in [0.25, 0.3) is 22.2 Å². The van der Waals surface area contributed by atoms with Crippen molar-refractivity contribution in [3.63, 3.8) is 0 Å². The summed E-state index contributed by atoms with van der Waals surface area (Å²) in [5.41, 5.74) is 9.11. The van der Waals surface area contributed by atoms with E-state index in [-0.39, 0.29) is 29.4 Å². The molecule has 0 spiro atoms. The molecular weight excluding hydrogens is 425 g/mol. The molecule has 4 rings (SSSR count). The minimum absolute atomic E-state index is 0.0748. The van der Waals surface area contributed by atoms with Crippen molar-refractivity contribution in [3.05, 3.63) is 76.1 Å². The van der Waals surface area contributed by atoms with E-state index in [9.17, 15) is 9.18 Å². The lowest BCUT2D eigenvalue weighted by Crippen LogP contribution is -2.13. The first-order chi connectivity index (χ1) is 14.9. The Morgan fingerprint density at radius 3 is 2.42 bits per heavy atom. The number of nitrogens with two attached hydrogens (primary N) is 1. The fourth-order valence-electron chi connectivity index (χ4n) is 2.66. The van der Waals surface area contributed by atoms with Crippen LogP contribution in [0.3, 0.4) is 0 Å². The van der Waals surface area contributed by atoms with Gasteiger partial charge < -0.3 is 16.0 Å². The van der Waals surface area contributed by atoms with Crippen molar-refractivity contribution in [2.75, 3.05) is 11.1 Å². The number of pyridine rings is 1. The Morgan fingerprint density at radius 1 is 1.03 bits per heavy atom. The Kier molecular flexibility index (Phi) is 6.68. The fourth-order valence-corrected chi connectivity index (χ4v) is 2.81. The monoisotopic (exact) mass is 439 g/mol. The maximum Gasteiger partial charge on any atom is 0.290 e. The van der Waals surface area contributed by atoms with E-state index in [1.54, 1.807) is 30.5 Å². The number of nitrogens with zero attached hydrogens (tertiary/aromatic N) is 2. The van der Waals surface area contributed by atoms with Gasteiger partial charge in [0.1, 0.15) is 5.82 Å². The molecule has 0 atom stereocenters. The molecule has 31 heavy (non-hydrogen) atoms. The predicted octanol–water partition coefficient (Wildman–Crippen LogP) is 3.49. The summed E-state index contributed by atoms with van der Waals surface area (Å²) in [7, 11) is 0. The Morgan fingerprint density at radius 2 is 1.74 bits per heavy atom. The van der Waals surface area contributed by atoms with Crippen LogP contribution >= 0.6 is 11.6 Å². The van der Waals surface area contributed by atoms with Gasteiger partial charge in [-0.1, -0.05) is 17.7 Å². The first-order valence-corrected chi connectivity index (χ1v) is 9.16. The van der Waals surface area contributed by atoms with Crippen LogP contribution in [0.2, 0.25) is 5.15 Å². The van der Waals surface area contributed by atoms with E-state index in [0.717, 1.165) is 11.1 Å². The quantitative estimate of drug-likeness (QED) is 0.252. The number of benzene rings is 2. The van der Waals surface area contributed by atoms with E-state index in [1.165, 1.54) is 12.1 Å². The zero-order chi connectivity index (χ0) is 22.4. The smallest absolute Gasteiger partial charge is 0.290 e. The van der Waals surface area contributed by atoms with Crippen molar-refractivity contribution in [2.45, 2.75) is 0 Å². The number of H-pyrrole nitrogens is 1. The average Bonchev–Trinajstić information content (AvgIpc) is 2.77. The van der Waals surface area contributed by atoms with Gasteiger partial charge >= 0.3 is 0 Å². The van der Waals surface area contributed by atoms with Gasteiger partial charge in [0, 0.05) is 17.4 Å². The standard InChI is InChI=1S/C19H13ClFN5O.C2H2O2/c20-17-16(24-13-4-2-12(21)3-5-13)8-11(9-23-17)10-1-6-14-15(7-10)26-19(27)18(22)25-14;3-1-2-4/h1-9,24H,(H2,22,25)(H,26,27);1-2H. The number of hydrogen-bond donors (Lipinski definition) is 3. The lowest BCUT2D eigenvalue weighted by atomic mass is 10.1. The van der Waals surface area contributed by atoms with Crippen LogP contribution in [0.4, 0.5) is 21.6 Å². The second-order valence-corrected chi connectivity index (χ2v) is 6.51. The molecule has 2 heterocycles. The Labute approximate surface area is 179 Å². The molecule has 0 aliphatic heterocycles. The summed E-state index contributed by atoms with van der Waals surface area (Å²) in [5.74, 6) is -0.396. The minimum Gasteiger partial charge on any atom is -0.379 e. The van der Waals surface area contributed by atoms with Crippen LogP contribution in [0.5, 0.6) is 0 Å². The SMILES string of the molecule is Nc1nc2ccc(-c3cnc(Cl)c(Nc4ccc(F)cc4)c3)cc2[nH]c1=O.O=CC=O. The van der Waals surface area contributed by atoms with Gasteiger partial charge in [-0.05, 0) is 48.0 Å². The Bertz CT molecular complexity index is 1300. The molecule has 0 amide bonds. The highest BCUT2D eigenvalue weighted by molar-refractivity contribution is 6.32. The van der Waals surface area contributed by atoms with Crippen LogP contribution in [0.1, 0.15) is 0 Å². The van der Waals surface area contributed by atoms with Crippen LogP contribution in [-0.4, -0.2) is 27.5 Å². The molecular formula is C21H15ClFN5O3. The third-order valence-electron chi connectivity index (χ3n) is 4.07. The molecule has 0 radical (unpaired) electrons. The number of aromatic amines is 1. The molecule has 0 aliphatic carbocycles. The van der Waals surface area contributed by atoms with Crippen molar-refractivity contribution in [1.29, 1.82) is 0 Å². The third-order valence-corrected chi connectivity index (χ3v) is 4.37. The number of aromatic nitrogens is 3. The van der Waals surface area contributed by atoms with Gasteiger partial charge in [-0.25, -0.2) is 14.4 Å². The molecule has 156 valence electrons. The summed E-state index contributed by atoms with van der Waals surface area (Å²) in [4.78, 5) is 40.3. The van der Waals surface area contributed by atoms with Crippen molar-refractivity contribution < 1.29 is 14.0 Å². The van der Waals surface area contributed by atoms with Crippen LogP contribution < -0.4 is 16.6 Å². The number of carbonyl (C=O) groups is 2. The largest absolute Gasteiger partial charge is 0.379 e. The molecule has 0 aliphatic rings. The number of aldehydes is 2. The number of hydrogen-bond acceptors (Lipinski definition) is 7. The highest BCUT2D eigenvalue weighted by Gasteiger charge is 2.08. The maximum absolute atomic E-state index is 13.1. The summed E-state index contributed by atoms with van der Waals surface area (Å²) in [6.07, 6.45) is 2.02. The number of carbonyl (C=O) groups excluding carboxylic acids is 2. The highest BCUT2D eigenvalue weighted by Crippen LogP contribution is 2.30. The van der Waals surface area contributed by atoms with E-state index in [0.29, 0.717) is 22.4 Å². The zero-order valence-electron chi connectivity index (χ0n) is 15.8. The highest BCUT2D eigenvalue weighted by atomic mass is 35.5. The Hall–Kier alpha value is -4.11. The number of nitrogens with one attached hydrogen (secondary N) is 2. The third kappa shape index (κ3) is 5.28. The second kappa shape index (κ2) is 9.59. The second-order valence-electron chi connectivity index (χ2n) is 6.15. The number of rotatable bonds is 4. The summed E-state index contributed by atoms with van der Waals surface area (Å²) < 4.78 is 13.1. The molecule has 0 saturated heterocycles. The predicted molar refractivity (Wildman–Crippen MR) is 117 cm³/mol. The summed E-state index contributed by atoms with van der Waals surface area (Å²) in [6.45, 7) is 0. The molecule has 2 aromatic heterocycles. The van der Waals surface area contributed by atoms with E-state index in [2.05, 4.69) is 20.3 Å². The summed E-state index contributed by atoms with van der Waals surface area (Å²) in [6, 6.07) is 13.1. The minimum atomic E-state index is -0.437. The lowest BCUT2D eigenvalue weighted by Gasteiger charge is -2.10. The molecule has 4 aromatic rings. The number of halogens is 2. The fraction of sp³-hybridized carbons (Fsp3) is 0. The van der Waals surface area contributed by atoms with Crippen molar-refractivity contribution in [2.24, 2.45) is 0 Å². The molecule has 8 nitrogen and oxygen atoms in total. The molecule has 0 saturated carbocycles. The van der Waals surface area contributed by atoms with E-state index in [4.69, 9.17) is 26.9 Å². The van der Waals surface area contributed by atoms with Crippen molar-refractivity contribution in [3.8, 4) is 11.1 Å². The maximum atomic E-state index is 13.1. The van der Waals surface area contributed by atoms with Gasteiger partial charge in [-0.2, -0.15) is 0 Å². The van der Waals surface area contributed by atoms with Gasteiger partial charge in [-0.3, -0.25) is 14.4 Å². The van der Waals surface area contributed by atoms with E-state index in [1.807, 2.05) is 12.1 Å². The topological polar surface area (TPSA) is 131 Å². The number of anilines is 3. The van der Waals surface area contributed by atoms with Gasteiger partial charge in [0.15, 0.2) is 23.5 Å². The molecule has 0 unspecified atom stereocenters. The normalized spacial score (nSPS) is 10.1. The Balaban J connectivity index is 0.000000628. The molecule has 10 heteroatoms. The lowest BCUT2D eigenvalue weighted by molar-refractivity contribution is -0.122. The van der Waals surface area contributed by atoms with E-state index >= 15 is 0 Å². The van der Waals surface area contributed by atoms with Crippen LogP contribution in [-0.2, 0) is 9.59 Å². The van der Waals surface area contributed by atoms with Gasteiger partial charge in [0.25, 0.3) is 5.56 Å².